The summed E-state index contributed by atoms with van der Waals surface area (Å²) in [5.74, 6) is 0. The van der Waals surface area contributed by atoms with Crippen molar-refractivity contribution < 1.29 is 20.4 Å². The summed E-state index contributed by atoms with van der Waals surface area (Å²) < 4.78 is 1.93. The van der Waals surface area contributed by atoms with Crippen molar-refractivity contribution in [2.75, 3.05) is 0 Å². The SMILES string of the molecule is CC1=CC2=C(CCCC2)[CH]1[Zr]([CH]1C(C)=CC2=C1CCCC2)=[Si](C)C.Cl.Cl. The van der Waals surface area contributed by atoms with Gasteiger partial charge in [-0.2, -0.15) is 0 Å². The maximum atomic E-state index is 2.67. The van der Waals surface area contributed by atoms with Gasteiger partial charge in [-0.3, -0.25) is 0 Å². The molecule has 0 aromatic heterocycles. The minimum absolute atomic E-state index is 0. The molecule has 4 rings (SSSR count). The minimum Gasteiger partial charge on any atom is -0.147 e. The van der Waals surface area contributed by atoms with Crippen LogP contribution in [0.5, 0.6) is 0 Å². The van der Waals surface area contributed by atoms with E-state index < -0.39 is 20.4 Å². The summed E-state index contributed by atoms with van der Waals surface area (Å²) in [6, 6.07) is 0. The van der Waals surface area contributed by atoms with Crippen LogP contribution >= 0.6 is 24.8 Å². The first-order chi connectivity index (χ1) is 11.6. The number of rotatable bonds is 2. The van der Waals surface area contributed by atoms with Gasteiger partial charge in [-0.05, 0) is 0 Å². The third-order valence-corrected chi connectivity index (χ3v) is 26.8. The van der Waals surface area contributed by atoms with Gasteiger partial charge in [0.15, 0.2) is 0 Å². The van der Waals surface area contributed by atoms with E-state index in [2.05, 4.69) is 39.1 Å². The Kier molecular flexibility index (Phi) is 8.31. The maximum Gasteiger partial charge on any atom is -0.147 e. The van der Waals surface area contributed by atoms with Crippen LogP contribution in [0.15, 0.2) is 45.6 Å². The quantitative estimate of drug-likeness (QED) is 0.346. The zero-order valence-corrected chi connectivity index (χ0v) is 21.9. The van der Waals surface area contributed by atoms with E-state index in [9.17, 15) is 0 Å². The third-order valence-electron chi connectivity index (χ3n) is 6.72. The molecule has 0 aliphatic heterocycles. The molecule has 2 unspecified atom stereocenters. The molecule has 4 aliphatic carbocycles. The third kappa shape index (κ3) is 4.00. The Bertz CT molecular complexity index is 679. The number of halogens is 2. The second-order valence-electron chi connectivity index (χ2n) is 8.61. The second-order valence-corrected chi connectivity index (χ2v) is 26.5. The molecule has 0 radical (unpaired) electrons. The van der Waals surface area contributed by atoms with Gasteiger partial charge in [-0.25, -0.2) is 0 Å². The molecule has 0 spiro atoms. The van der Waals surface area contributed by atoms with Gasteiger partial charge in [0.05, 0.1) is 0 Å². The fourth-order valence-electron chi connectivity index (χ4n) is 5.77. The van der Waals surface area contributed by atoms with Crippen LogP contribution in [0.25, 0.3) is 0 Å². The second kappa shape index (κ2) is 9.43. The van der Waals surface area contributed by atoms with Crippen molar-refractivity contribution in [3.05, 3.63) is 45.6 Å². The number of hydrogen-bond donors (Lipinski definition) is 0. The van der Waals surface area contributed by atoms with Crippen LogP contribution in [0.4, 0.5) is 0 Å². The molecule has 26 heavy (non-hydrogen) atoms. The molecule has 2 atom stereocenters. The largest absolute Gasteiger partial charge is 0.147 e. The van der Waals surface area contributed by atoms with Crippen molar-refractivity contribution in [1.29, 1.82) is 0 Å². The smallest absolute Gasteiger partial charge is 0.147 e. The molecular formula is C22H34Cl2SiZr. The van der Waals surface area contributed by atoms with Crippen molar-refractivity contribution in [2.45, 2.75) is 85.6 Å². The molecule has 4 heteroatoms. The van der Waals surface area contributed by atoms with E-state index in [4.69, 9.17) is 0 Å². The number of allylic oxidation sites excluding steroid dienone is 8. The molecule has 0 bridgehead atoms. The van der Waals surface area contributed by atoms with Gasteiger partial charge in [-0.15, -0.1) is 24.8 Å². The molecule has 4 aliphatic rings. The molecule has 0 fully saturated rings. The molecule has 0 aromatic carbocycles. The standard InChI is InChI=1S/2C10H13.C2H6Si.2ClH.Zr/c2*1-8-6-9-4-2-3-5-10(9)7-8;1-3-2;;;/h2*6-7H,2-5H2,1H3;1-2H3;2*1H;. The summed E-state index contributed by atoms with van der Waals surface area (Å²) in [6.45, 7) is 10.3. The molecule has 0 heterocycles. The zero-order chi connectivity index (χ0) is 16.8. The topological polar surface area (TPSA) is 0 Å². The zero-order valence-electron chi connectivity index (χ0n) is 16.8. The van der Waals surface area contributed by atoms with E-state index in [-0.39, 0.29) is 30.2 Å². The first-order valence-corrected chi connectivity index (χ1v) is 19.1. The van der Waals surface area contributed by atoms with E-state index in [1.165, 1.54) is 51.4 Å². The fourth-order valence-corrected chi connectivity index (χ4v) is 27.3. The van der Waals surface area contributed by atoms with E-state index in [0.717, 1.165) is 7.25 Å². The van der Waals surface area contributed by atoms with Crippen LogP contribution in [0.1, 0.15) is 65.2 Å². The molecule has 0 saturated heterocycles. The van der Waals surface area contributed by atoms with Crippen LogP contribution in [0, 0.1) is 0 Å². The molecule has 0 saturated carbocycles. The molecule has 144 valence electrons. The van der Waals surface area contributed by atoms with E-state index in [1.807, 2.05) is 11.1 Å². The predicted octanol–water partition coefficient (Wildman–Crippen LogP) is 7.94. The molecule has 0 N–H and O–H groups in total. The van der Waals surface area contributed by atoms with Gasteiger partial charge in [0, 0.05) is 0 Å². The van der Waals surface area contributed by atoms with Gasteiger partial charge >= 0.3 is 157 Å². The summed E-state index contributed by atoms with van der Waals surface area (Å²) in [5, 5.41) is 0. The van der Waals surface area contributed by atoms with Crippen LogP contribution in [0.3, 0.4) is 0 Å². The van der Waals surface area contributed by atoms with Crippen LogP contribution in [0.2, 0.25) is 20.3 Å². The molecular weight excluding hydrogens is 454 g/mol. The minimum atomic E-state index is -1.59. The summed E-state index contributed by atoms with van der Waals surface area (Å²) in [6.07, 6.45) is 16.6. The molecule has 0 amide bonds. The molecule has 0 nitrogen and oxygen atoms in total. The summed E-state index contributed by atoms with van der Waals surface area (Å²) in [4.78, 5) is 0. The number of hydrogen-bond acceptors (Lipinski definition) is 0. The van der Waals surface area contributed by atoms with Crippen molar-refractivity contribution >= 4 is 30.2 Å². The van der Waals surface area contributed by atoms with Gasteiger partial charge in [0.1, 0.15) is 0 Å². The monoisotopic (exact) mass is 486 g/mol. The Labute approximate surface area is 180 Å². The average molecular weight is 489 g/mol. The van der Waals surface area contributed by atoms with E-state index >= 15 is 0 Å². The summed E-state index contributed by atoms with van der Waals surface area (Å²) in [7, 11) is 0. The predicted molar refractivity (Wildman–Crippen MR) is 118 cm³/mol. The van der Waals surface area contributed by atoms with Crippen LogP contribution in [-0.2, 0) is 20.4 Å². The van der Waals surface area contributed by atoms with Gasteiger partial charge in [0.25, 0.3) is 0 Å². The first-order valence-electron chi connectivity index (χ1n) is 10.1. The van der Waals surface area contributed by atoms with Crippen molar-refractivity contribution in [3.63, 3.8) is 0 Å². The Hall–Kier alpha value is 0.640. The normalized spacial score (nSPS) is 27.1. The van der Waals surface area contributed by atoms with Gasteiger partial charge in [0.2, 0.25) is 0 Å². The van der Waals surface area contributed by atoms with Crippen molar-refractivity contribution in [1.82, 2.24) is 0 Å². The van der Waals surface area contributed by atoms with E-state index in [1.54, 1.807) is 22.3 Å². The van der Waals surface area contributed by atoms with Gasteiger partial charge < -0.3 is 0 Å². The maximum absolute atomic E-state index is 2.67. The van der Waals surface area contributed by atoms with Crippen LogP contribution in [-0.4, -0.2) is 5.43 Å². The summed E-state index contributed by atoms with van der Waals surface area (Å²) in [5.41, 5.74) is 10.8. The van der Waals surface area contributed by atoms with Crippen molar-refractivity contribution in [3.8, 4) is 0 Å². The van der Waals surface area contributed by atoms with Crippen LogP contribution < -0.4 is 0 Å². The summed E-state index contributed by atoms with van der Waals surface area (Å²) >= 11 is -1.59. The molecule has 0 aromatic rings. The van der Waals surface area contributed by atoms with E-state index in [0.29, 0.717) is 0 Å². The Morgan fingerprint density at radius 1 is 0.731 bits per heavy atom. The Morgan fingerprint density at radius 3 is 1.50 bits per heavy atom. The Balaban J connectivity index is 0.00000121. The van der Waals surface area contributed by atoms with Crippen molar-refractivity contribution in [2.24, 2.45) is 0 Å². The Morgan fingerprint density at radius 2 is 1.12 bits per heavy atom. The first kappa shape index (κ1) is 22.9. The fraction of sp³-hybridized carbons (Fsp3) is 0.636. The average Bonchev–Trinajstić information content (AvgIpc) is 3.05. The van der Waals surface area contributed by atoms with Gasteiger partial charge in [-0.1, -0.05) is 0 Å².